The molecule has 0 N–H and O–H groups in total. The maximum atomic E-state index is 5.91. The monoisotopic (exact) mass is 415 g/mol. The molecule has 1 saturated heterocycles. The predicted molar refractivity (Wildman–Crippen MR) is 112 cm³/mol. The van der Waals surface area contributed by atoms with E-state index < -0.39 is 0 Å². The molecule has 1 atom stereocenters. The molecule has 0 aliphatic carbocycles. The van der Waals surface area contributed by atoms with Crippen molar-refractivity contribution in [3.05, 3.63) is 41.5 Å². The third-order valence-electron chi connectivity index (χ3n) is 5.51. The predicted octanol–water partition coefficient (Wildman–Crippen LogP) is 3.62. The summed E-state index contributed by atoms with van der Waals surface area (Å²) in [6.45, 7) is 3.37. The van der Waals surface area contributed by atoms with Crippen molar-refractivity contribution >= 4 is 0 Å². The number of benzene rings is 2. The molecule has 0 spiro atoms. The van der Waals surface area contributed by atoms with Gasteiger partial charge in [0, 0.05) is 37.9 Å². The average molecular weight is 415 g/mol. The molecule has 4 rings (SSSR count). The summed E-state index contributed by atoms with van der Waals surface area (Å²) in [7, 11) is 4.98. The second-order valence-corrected chi connectivity index (χ2v) is 7.51. The van der Waals surface area contributed by atoms with Gasteiger partial charge in [0.05, 0.1) is 27.4 Å². The number of ether oxygens (including phenoxy) is 6. The molecule has 7 heteroatoms. The maximum absolute atomic E-state index is 5.91. The molecule has 2 heterocycles. The van der Waals surface area contributed by atoms with Crippen LogP contribution >= 0.6 is 0 Å². The summed E-state index contributed by atoms with van der Waals surface area (Å²) in [5.41, 5.74) is 2.20. The number of fused-ring (bicyclic) bond motifs is 1. The highest BCUT2D eigenvalue weighted by Gasteiger charge is 2.23. The Kier molecular flexibility index (Phi) is 6.50. The Morgan fingerprint density at radius 1 is 0.900 bits per heavy atom. The van der Waals surface area contributed by atoms with E-state index >= 15 is 0 Å². The smallest absolute Gasteiger partial charge is 0.231 e. The second-order valence-electron chi connectivity index (χ2n) is 7.51. The minimum Gasteiger partial charge on any atom is -0.496 e. The molecule has 2 aromatic rings. The number of rotatable bonds is 9. The largest absolute Gasteiger partial charge is 0.496 e. The van der Waals surface area contributed by atoms with Gasteiger partial charge in [-0.1, -0.05) is 6.07 Å². The van der Waals surface area contributed by atoms with Crippen molar-refractivity contribution in [1.82, 2.24) is 4.90 Å². The summed E-state index contributed by atoms with van der Waals surface area (Å²) >= 11 is 0. The van der Waals surface area contributed by atoms with E-state index in [9.17, 15) is 0 Å². The van der Waals surface area contributed by atoms with Gasteiger partial charge in [-0.15, -0.1) is 0 Å². The summed E-state index contributed by atoms with van der Waals surface area (Å²) in [4.78, 5) is 2.37. The van der Waals surface area contributed by atoms with E-state index in [0.29, 0.717) is 6.54 Å². The molecule has 2 aliphatic rings. The van der Waals surface area contributed by atoms with Crippen molar-refractivity contribution in [3.63, 3.8) is 0 Å². The molecule has 7 nitrogen and oxygen atoms in total. The minimum absolute atomic E-state index is 0.241. The zero-order chi connectivity index (χ0) is 20.9. The molecule has 0 aromatic heterocycles. The maximum Gasteiger partial charge on any atom is 0.231 e. The van der Waals surface area contributed by atoms with Crippen LogP contribution in [0.5, 0.6) is 28.7 Å². The molecule has 2 aliphatic heterocycles. The summed E-state index contributed by atoms with van der Waals surface area (Å²) < 4.78 is 33.5. The third-order valence-corrected chi connectivity index (χ3v) is 5.51. The fourth-order valence-corrected chi connectivity index (χ4v) is 4.02. The second kappa shape index (κ2) is 9.45. The lowest BCUT2D eigenvalue weighted by atomic mass is 10.1. The first kappa shape index (κ1) is 20.6. The van der Waals surface area contributed by atoms with Gasteiger partial charge >= 0.3 is 0 Å². The number of methoxy groups -OCH3 is 3. The minimum atomic E-state index is 0.241. The van der Waals surface area contributed by atoms with E-state index in [1.807, 2.05) is 24.3 Å². The van der Waals surface area contributed by atoms with Gasteiger partial charge in [0.25, 0.3) is 0 Å². The summed E-state index contributed by atoms with van der Waals surface area (Å²) in [5, 5.41) is 0. The summed E-state index contributed by atoms with van der Waals surface area (Å²) in [6.07, 6.45) is 2.44. The lowest BCUT2D eigenvalue weighted by Gasteiger charge is -2.26. The Labute approximate surface area is 177 Å². The standard InChI is InChI=1S/C23H29NO6/c1-25-19-7-6-16(9-21(19)27-3)12-24(14-18-5-4-8-28-18)13-17-10-22-23(30-15-29-22)11-20(17)26-2/h6-7,9-11,18H,4-5,8,12-15H2,1-3H3/t18-/m0/s1. The van der Waals surface area contributed by atoms with Gasteiger partial charge in [0.2, 0.25) is 6.79 Å². The van der Waals surface area contributed by atoms with Crippen molar-refractivity contribution < 1.29 is 28.4 Å². The van der Waals surface area contributed by atoms with Gasteiger partial charge in [-0.3, -0.25) is 4.90 Å². The first-order valence-electron chi connectivity index (χ1n) is 10.2. The van der Waals surface area contributed by atoms with Crippen molar-refractivity contribution in [3.8, 4) is 28.7 Å². The van der Waals surface area contributed by atoms with Crippen molar-refractivity contribution in [2.45, 2.75) is 32.0 Å². The van der Waals surface area contributed by atoms with E-state index in [-0.39, 0.29) is 12.9 Å². The number of hydrogen-bond donors (Lipinski definition) is 0. The quantitative estimate of drug-likeness (QED) is 0.620. The molecule has 30 heavy (non-hydrogen) atoms. The molecule has 0 radical (unpaired) electrons. The van der Waals surface area contributed by atoms with Crippen LogP contribution in [0.2, 0.25) is 0 Å². The normalized spacial score (nSPS) is 17.4. The fourth-order valence-electron chi connectivity index (χ4n) is 4.02. The Balaban J connectivity index is 1.57. The van der Waals surface area contributed by atoms with Crippen LogP contribution in [0.15, 0.2) is 30.3 Å². The van der Waals surface area contributed by atoms with Gasteiger partial charge in [-0.2, -0.15) is 0 Å². The Morgan fingerprint density at radius 2 is 1.67 bits per heavy atom. The van der Waals surface area contributed by atoms with E-state index in [4.69, 9.17) is 28.4 Å². The van der Waals surface area contributed by atoms with Crippen molar-refractivity contribution in [2.75, 3.05) is 41.3 Å². The van der Waals surface area contributed by atoms with E-state index in [1.54, 1.807) is 21.3 Å². The summed E-state index contributed by atoms with van der Waals surface area (Å²) in [5.74, 6) is 3.73. The zero-order valence-electron chi connectivity index (χ0n) is 17.8. The van der Waals surface area contributed by atoms with Gasteiger partial charge in [0.1, 0.15) is 5.75 Å². The van der Waals surface area contributed by atoms with Gasteiger partial charge < -0.3 is 28.4 Å². The molecule has 0 bridgehead atoms. The van der Waals surface area contributed by atoms with E-state index in [2.05, 4.69) is 11.0 Å². The van der Waals surface area contributed by atoms with Crippen LogP contribution in [0.25, 0.3) is 0 Å². The van der Waals surface area contributed by atoms with Crippen LogP contribution in [0, 0.1) is 0 Å². The number of hydrogen-bond acceptors (Lipinski definition) is 7. The first-order chi connectivity index (χ1) is 14.7. The Morgan fingerprint density at radius 3 is 2.37 bits per heavy atom. The molecular weight excluding hydrogens is 386 g/mol. The zero-order valence-corrected chi connectivity index (χ0v) is 17.8. The highest BCUT2D eigenvalue weighted by Crippen LogP contribution is 2.39. The SMILES string of the molecule is COc1cc2c(cc1CN(Cc1ccc(OC)c(OC)c1)C[C@@H]1CCCO1)OCO2. The first-order valence-corrected chi connectivity index (χ1v) is 10.2. The molecule has 0 unspecified atom stereocenters. The fraction of sp³-hybridized carbons (Fsp3) is 0.478. The molecule has 162 valence electrons. The van der Waals surface area contributed by atoms with E-state index in [1.165, 1.54) is 0 Å². The van der Waals surface area contributed by atoms with Gasteiger partial charge in [0.15, 0.2) is 23.0 Å². The molecule has 0 saturated carbocycles. The average Bonchev–Trinajstić information content (AvgIpc) is 3.44. The highest BCUT2D eigenvalue weighted by atomic mass is 16.7. The highest BCUT2D eigenvalue weighted by molar-refractivity contribution is 5.52. The summed E-state index contributed by atoms with van der Waals surface area (Å²) in [6, 6.07) is 9.95. The number of nitrogens with zero attached hydrogens (tertiary/aromatic N) is 1. The van der Waals surface area contributed by atoms with Gasteiger partial charge in [-0.25, -0.2) is 0 Å². The van der Waals surface area contributed by atoms with Gasteiger partial charge in [-0.05, 0) is 36.6 Å². The van der Waals surface area contributed by atoms with Crippen LogP contribution in [0.4, 0.5) is 0 Å². The Bertz CT molecular complexity index is 865. The van der Waals surface area contributed by atoms with Crippen LogP contribution in [-0.2, 0) is 17.8 Å². The van der Waals surface area contributed by atoms with Crippen LogP contribution in [0.1, 0.15) is 24.0 Å². The molecule has 0 amide bonds. The molecule has 2 aromatic carbocycles. The van der Waals surface area contributed by atoms with Crippen LogP contribution in [0.3, 0.4) is 0 Å². The van der Waals surface area contributed by atoms with E-state index in [0.717, 1.165) is 72.4 Å². The molecular formula is C23H29NO6. The topological polar surface area (TPSA) is 58.6 Å². The molecule has 1 fully saturated rings. The Hall–Kier alpha value is -2.64. The third kappa shape index (κ3) is 4.57. The van der Waals surface area contributed by atoms with Crippen LogP contribution in [-0.4, -0.2) is 52.3 Å². The lowest BCUT2D eigenvalue weighted by Crippen LogP contribution is -2.31. The lowest BCUT2D eigenvalue weighted by molar-refractivity contribution is 0.0676. The van der Waals surface area contributed by atoms with Crippen molar-refractivity contribution in [1.29, 1.82) is 0 Å². The van der Waals surface area contributed by atoms with Crippen molar-refractivity contribution in [2.24, 2.45) is 0 Å². The van der Waals surface area contributed by atoms with Crippen LogP contribution < -0.4 is 23.7 Å².